The normalized spacial score (nSPS) is 12.0. The van der Waals surface area contributed by atoms with E-state index in [1.54, 1.807) is 0 Å². The van der Waals surface area contributed by atoms with Gasteiger partial charge in [-0.2, -0.15) is 0 Å². The van der Waals surface area contributed by atoms with E-state index in [0.717, 1.165) is 0 Å². The fraction of sp³-hybridized carbons (Fsp3) is 0.500. The molecular weight excluding hydrogens is 80.0 g/mol. The lowest BCUT2D eigenvalue weighted by molar-refractivity contribution is 0.329. The van der Waals surface area contributed by atoms with E-state index in [1.807, 2.05) is 0 Å². The Morgan fingerprint density at radius 3 is 2.33 bits per heavy atom. The summed E-state index contributed by atoms with van der Waals surface area (Å²) in [6, 6.07) is 0. The van der Waals surface area contributed by atoms with Gasteiger partial charge in [0.05, 0.1) is 12.4 Å². The Kier molecular flexibility index (Phi) is 2.50. The van der Waals surface area contributed by atoms with Crippen LogP contribution in [-0.2, 0) is 0 Å². The van der Waals surface area contributed by atoms with E-state index in [4.69, 9.17) is 10.2 Å². The molecule has 0 saturated heterocycles. The lowest BCUT2D eigenvalue weighted by Crippen LogP contribution is -1.74. The van der Waals surface area contributed by atoms with Gasteiger partial charge in [0.2, 0.25) is 0 Å². The smallest absolute Gasteiger partial charge is 0.0874 e. The molecule has 0 atom stereocenters. The maximum absolute atomic E-state index is 8.25. The minimum absolute atomic E-state index is 0.0810. The SMILES string of the molecule is C/C(O)=C/CO. The van der Waals surface area contributed by atoms with Gasteiger partial charge in [-0.3, -0.25) is 0 Å². The molecule has 0 saturated carbocycles. The molecule has 6 heavy (non-hydrogen) atoms. The second-order valence-corrected chi connectivity index (χ2v) is 1.03. The summed E-state index contributed by atoms with van der Waals surface area (Å²) in [5, 5.41) is 16.3. The van der Waals surface area contributed by atoms with Gasteiger partial charge < -0.3 is 10.2 Å². The van der Waals surface area contributed by atoms with Crippen LogP contribution in [0.3, 0.4) is 0 Å². The molecular formula is C4H8O2. The Labute approximate surface area is 36.7 Å². The van der Waals surface area contributed by atoms with Crippen molar-refractivity contribution in [1.29, 1.82) is 0 Å². The minimum atomic E-state index is -0.0810. The van der Waals surface area contributed by atoms with Crippen LogP contribution in [-0.4, -0.2) is 16.8 Å². The molecule has 0 aromatic rings. The first-order valence-electron chi connectivity index (χ1n) is 1.74. The molecule has 0 unspecified atom stereocenters. The van der Waals surface area contributed by atoms with E-state index >= 15 is 0 Å². The molecule has 2 heteroatoms. The quantitative estimate of drug-likeness (QED) is 0.456. The zero-order valence-electron chi connectivity index (χ0n) is 3.68. The number of hydrogen-bond donors (Lipinski definition) is 2. The molecule has 2 nitrogen and oxygen atoms in total. The lowest BCUT2D eigenvalue weighted by atomic mass is 10.5. The van der Waals surface area contributed by atoms with Crippen molar-refractivity contribution in [3.05, 3.63) is 11.8 Å². The molecule has 0 aliphatic rings. The minimum Gasteiger partial charge on any atom is -0.513 e. The molecule has 0 radical (unpaired) electrons. The maximum Gasteiger partial charge on any atom is 0.0874 e. The fourth-order valence-electron chi connectivity index (χ4n) is 0.132. The molecule has 0 rings (SSSR count). The third-order valence-electron chi connectivity index (χ3n) is 0.387. The van der Waals surface area contributed by atoms with Crippen LogP contribution in [0.2, 0.25) is 0 Å². The largest absolute Gasteiger partial charge is 0.513 e. The van der Waals surface area contributed by atoms with Crippen molar-refractivity contribution >= 4 is 0 Å². The highest BCUT2D eigenvalue weighted by molar-refractivity contribution is 4.84. The molecule has 2 N–H and O–H groups in total. The van der Waals surface area contributed by atoms with Crippen molar-refractivity contribution in [3.8, 4) is 0 Å². The predicted octanol–water partition coefficient (Wildman–Crippen LogP) is 0.440. The highest BCUT2D eigenvalue weighted by atomic mass is 16.3. The van der Waals surface area contributed by atoms with Crippen molar-refractivity contribution in [2.75, 3.05) is 6.61 Å². The van der Waals surface area contributed by atoms with Crippen molar-refractivity contribution in [3.63, 3.8) is 0 Å². The summed E-state index contributed by atoms with van der Waals surface area (Å²) in [6.45, 7) is 1.43. The van der Waals surface area contributed by atoms with Crippen molar-refractivity contribution in [2.24, 2.45) is 0 Å². The van der Waals surface area contributed by atoms with E-state index in [9.17, 15) is 0 Å². The summed E-state index contributed by atoms with van der Waals surface area (Å²) in [5.41, 5.74) is 0. The first kappa shape index (κ1) is 5.50. The first-order chi connectivity index (χ1) is 2.77. The van der Waals surface area contributed by atoms with Crippen LogP contribution in [0.15, 0.2) is 11.8 Å². The van der Waals surface area contributed by atoms with Crippen molar-refractivity contribution in [2.45, 2.75) is 6.92 Å². The Morgan fingerprint density at radius 1 is 1.83 bits per heavy atom. The van der Waals surface area contributed by atoms with E-state index in [1.165, 1.54) is 13.0 Å². The van der Waals surface area contributed by atoms with Crippen LogP contribution >= 0.6 is 0 Å². The summed E-state index contributed by atoms with van der Waals surface area (Å²) in [4.78, 5) is 0. The van der Waals surface area contributed by atoms with Gasteiger partial charge in [-0.1, -0.05) is 0 Å². The Morgan fingerprint density at radius 2 is 2.33 bits per heavy atom. The highest BCUT2D eigenvalue weighted by Gasteiger charge is 1.71. The van der Waals surface area contributed by atoms with Crippen LogP contribution in [0.1, 0.15) is 6.92 Å². The molecule has 0 fully saturated rings. The van der Waals surface area contributed by atoms with E-state index < -0.39 is 0 Å². The summed E-state index contributed by atoms with van der Waals surface area (Å²) in [6.07, 6.45) is 1.32. The van der Waals surface area contributed by atoms with Gasteiger partial charge in [0, 0.05) is 0 Å². The third kappa shape index (κ3) is 3.50. The lowest BCUT2D eigenvalue weighted by Gasteiger charge is -1.80. The Bertz CT molecular complexity index is 52.6. The van der Waals surface area contributed by atoms with Gasteiger partial charge in [0.25, 0.3) is 0 Å². The molecule has 0 aliphatic heterocycles. The van der Waals surface area contributed by atoms with Crippen LogP contribution in [0.25, 0.3) is 0 Å². The van der Waals surface area contributed by atoms with Gasteiger partial charge in [-0.15, -0.1) is 0 Å². The van der Waals surface area contributed by atoms with E-state index in [-0.39, 0.29) is 12.4 Å². The van der Waals surface area contributed by atoms with Crippen molar-refractivity contribution < 1.29 is 10.2 Å². The van der Waals surface area contributed by atoms with Gasteiger partial charge in [-0.05, 0) is 13.0 Å². The zero-order valence-corrected chi connectivity index (χ0v) is 3.68. The van der Waals surface area contributed by atoms with Crippen LogP contribution in [0, 0.1) is 0 Å². The van der Waals surface area contributed by atoms with Gasteiger partial charge in [0.15, 0.2) is 0 Å². The van der Waals surface area contributed by atoms with Crippen LogP contribution in [0.5, 0.6) is 0 Å². The second-order valence-electron chi connectivity index (χ2n) is 1.03. The fourth-order valence-corrected chi connectivity index (χ4v) is 0.132. The topological polar surface area (TPSA) is 40.5 Å². The predicted molar refractivity (Wildman–Crippen MR) is 23.5 cm³/mol. The van der Waals surface area contributed by atoms with Crippen LogP contribution < -0.4 is 0 Å². The molecule has 0 amide bonds. The summed E-state index contributed by atoms with van der Waals surface area (Å²) >= 11 is 0. The Hall–Kier alpha value is -0.500. The van der Waals surface area contributed by atoms with E-state index in [0.29, 0.717) is 0 Å². The molecule has 0 aromatic carbocycles. The summed E-state index contributed by atoms with van der Waals surface area (Å²) in [7, 11) is 0. The van der Waals surface area contributed by atoms with E-state index in [2.05, 4.69) is 0 Å². The number of allylic oxidation sites excluding steroid dienone is 1. The molecule has 0 spiro atoms. The number of aliphatic hydroxyl groups excluding tert-OH is 2. The maximum atomic E-state index is 8.25. The zero-order chi connectivity index (χ0) is 4.99. The first-order valence-corrected chi connectivity index (χ1v) is 1.74. The number of rotatable bonds is 1. The summed E-state index contributed by atoms with van der Waals surface area (Å²) < 4.78 is 0. The van der Waals surface area contributed by atoms with Gasteiger partial charge in [-0.25, -0.2) is 0 Å². The molecule has 0 heterocycles. The molecule has 0 aliphatic carbocycles. The van der Waals surface area contributed by atoms with Crippen molar-refractivity contribution in [1.82, 2.24) is 0 Å². The van der Waals surface area contributed by atoms with Gasteiger partial charge in [0.1, 0.15) is 0 Å². The molecule has 0 bridgehead atoms. The Balaban J connectivity index is 3.14. The standard InChI is InChI=1S/C4H8O2/c1-4(6)2-3-5/h2,5-6H,3H2,1H3/b4-2-. The summed E-state index contributed by atoms with van der Waals surface area (Å²) in [5.74, 6) is 0.164. The number of hydrogen-bond acceptors (Lipinski definition) is 2. The third-order valence-corrected chi connectivity index (χ3v) is 0.387. The second kappa shape index (κ2) is 2.72. The van der Waals surface area contributed by atoms with Gasteiger partial charge >= 0.3 is 0 Å². The number of aliphatic hydroxyl groups is 2. The average Bonchev–Trinajstić information content (AvgIpc) is 1.35. The molecule has 36 valence electrons. The highest BCUT2D eigenvalue weighted by Crippen LogP contribution is 1.78. The monoisotopic (exact) mass is 88.1 g/mol. The molecule has 0 aromatic heterocycles. The van der Waals surface area contributed by atoms with Crippen LogP contribution in [0.4, 0.5) is 0 Å². The average molecular weight is 88.1 g/mol.